The number of hydrogen-bond acceptors (Lipinski definition) is 4. The van der Waals surface area contributed by atoms with E-state index in [1.807, 2.05) is 0 Å². The second-order valence-electron chi connectivity index (χ2n) is 3.70. The summed E-state index contributed by atoms with van der Waals surface area (Å²) < 4.78 is 26.2. The molecular weight excluding hydrogens is 238 g/mol. The SMILES string of the molecule is O=C(O)c1csc(N2CCCC(F)(F)C2)n1. The predicted molar refractivity (Wildman–Crippen MR) is 55.5 cm³/mol. The van der Waals surface area contributed by atoms with E-state index in [2.05, 4.69) is 4.98 Å². The Kier molecular flexibility index (Phi) is 2.79. The van der Waals surface area contributed by atoms with Crippen LogP contribution < -0.4 is 4.90 Å². The highest BCUT2D eigenvalue weighted by Gasteiger charge is 2.36. The number of aromatic carboxylic acids is 1. The molecule has 0 amide bonds. The van der Waals surface area contributed by atoms with Gasteiger partial charge >= 0.3 is 5.97 Å². The topological polar surface area (TPSA) is 53.4 Å². The number of nitrogens with zero attached hydrogens (tertiary/aromatic N) is 2. The third-order valence-electron chi connectivity index (χ3n) is 2.37. The summed E-state index contributed by atoms with van der Waals surface area (Å²) in [7, 11) is 0. The minimum absolute atomic E-state index is 0.0890. The van der Waals surface area contributed by atoms with Crippen LogP contribution in [0.1, 0.15) is 23.3 Å². The largest absolute Gasteiger partial charge is 0.476 e. The molecule has 0 saturated carbocycles. The first kappa shape index (κ1) is 11.3. The first-order valence-electron chi connectivity index (χ1n) is 4.79. The molecule has 0 aromatic carbocycles. The van der Waals surface area contributed by atoms with Gasteiger partial charge < -0.3 is 10.0 Å². The zero-order valence-corrected chi connectivity index (χ0v) is 9.14. The maximum absolute atomic E-state index is 13.1. The highest BCUT2D eigenvalue weighted by Crippen LogP contribution is 2.31. The van der Waals surface area contributed by atoms with Crippen molar-refractivity contribution >= 4 is 22.4 Å². The van der Waals surface area contributed by atoms with E-state index in [0.29, 0.717) is 18.1 Å². The smallest absolute Gasteiger partial charge is 0.355 e. The molecule has 0 radical (unpaired) electrons. The number of carbonyl (C=O) groups is 1. The van der Waals surface area contributed by atoms with Gasteiger partial charge in [0.1, 0.15) is 0 Å². The van der Waals surface area contributed by atoms with Crippen LogP contribution in [0.3, 0.4) is 0 Å². The van der Waals surface area contributed by atoms with Gasteiger partial charge in [0.05, 0.1) is 6.54 Å². The summed E-state index contributed by atoms with van der Waals surface area (Å²) in [6.07, 6.45) is 0.287. The third kappa shape index (κ3) is 2.29. The van der Waals surface area contributed by atoms with Gasteiger partial charge in [0, 0.05) is 18.3 Å². The highest BCUT2D eigenvalue weighted by atomic mass is 32.1. The summed E-state index contributed by atoms with van der Waals surface area (Å²) in [5.74, 6) is -3.83. The van der Waals surface area contributed by atoms with Crippen LogP contribution in [0.2, 0.25) is 0 Å². The van der Waals surface area contributed by atoms with Crippen LogP contribution in [0.5, 0.6) is 0 Å². The van der Waals surface area contributed by atoms with Crippen molar-refractivity contribution in [1.82, 2.24) is 4.98 Å². The lowest BCUT2D eigenvalue weighted by molar-refractivity contribution is -0.0116. The molecule has 88 valence electrons. The second kappa shape index (κ2) is 3.97. The van der Waals surface area contributed by atoms with Gasteiger partial charge in [-0.1, -0.05) is 0 Å². The quantitative estimate of drug-likeness (QED) is 0.870. The standard InChI is InChI=1S/C9H10F2N2O2S/c10-9(11)2-1-3-13(5-9)8-12-6(4-16-8)7(14)15/h4H,1-3,5H2,(H,14,15). The molecule has 1 aliphatic heterocycles. The van der Waals surface area contributed by atoms with Crippen LogP contribution in [0.4, 0.5) is 13.9 Å². The van der Waals surface area contributed by atoms with Gasteiger partial charge in [-0.3, -0.25) is 0 Å². The van der Waals surface area contributed by atoms with Crippen molar-refractivity contribution in [3.8, 4) is 0 Å². The Balaban J connectivity index is 2.14. The van der Waals surface area contributed by atoms with E-state index < -0.39 is 11.9 Å². The Morgan fingerprint density at radius 3 is 2.94 bits per heavy atom. The van der Waals surface area contributed by atoms with Crippen LogP contribution in [0.25, 0.3) is 0 Å². The number of thiazole rings is 1. The van der Waals surface area contributed by atoms with Gasteiger partial charge in [0.2, 0.25) is 0 Å². The normalized spacial score (nSPS) is 19.8. The predicted octanol–water partition coefficient (Wildman–Crippen LogP) is 2.08. The van der Waals surface area contributed by atoms with Crippen LogP contribution in [-0.2, 0) is 0 Å². The maximum atomic E-state index is 13.1. The summed E-state index contributed by atoms with van der Waals surface area (Å²) in [4.78, 5) is 15.9. The van der Waals surface area contributed by atoms with Crippen LogP contribution in [0, 0.1) is 0 Å². The lowest BCUT2D eigenvalue weighted by atomic mass is 10.1. The van der Waals surface area contributed by atoms with Gasteiger partial charge in [-0.15, -0.1) is 11.3 Å². The minimum atomic E-state index is -2.70. The molecule has 1 aromatic heterocycles. The number of rotatable bonds is 2. The average Bonchev–Trinajstić information content (AvgIpc) is 2.64. The average molecular weight is 248 g/mol. The molecule has 1 N–H and O–H groups in total. The lowest BCUT2D eigenvalue weighted by Gasteiger charge is -2.32. The molecule has 1 aromatic rings. The van der Waals surface area contributed by atoms with Crippen LogP contribution in [-0.4, -0.2) is 35.1 Å². The lowest BCUT2D eigenvalue weighted by Crippen LogP contribution is -2.42. The van der Waals surface area contributed by atoms with Gasteiger partial charge in [-0.25, -0.2) is 18.6 Å². The Morgan fingerprint density at radius 1 is 1.62 bits per heavy atom. The summed E-state index contributed by atoms with van der Waals surface area (Å²) in [6.45, 7) is 0.127. The fourth-order valence-corrected chi connectivity index (χ4v) is 2.46. The summed E-state index contributed by atoms with van der Waals surface area (Å²) >= 11 is 1.09. The van der Waals surface area contributed by atoms with E-state index in [9.17, 15) is 13.6 Å². The maximum Gasteiger partial charge on any atom is 0.355 e. The molecule has 1 saturated heterocycles. The highest BCUT2D eigenvalue weighted by molar-refractivity contribution is 7.13. The molecule has 2 heterocycles. The summed E-state index contributed by atoms with van der Waals surface area (Å²) in [6, 6.07) is 0. The molecule has 0 spiro atoms. The summed E-state index contributed by atoms with van der Waals surface area (Å²) in [5, 5.41) is 10.4. The van der Waals surface area contributed by atoms with Gasteiger partial charge in [0.25, 0.3) is 5.92 Å². The van der Waals surface area contributed by atoms with E-state index >= 15 is 0 Å². The first-order chi connectivity index (χ1) is 7.48. The number of carboxylic acid groups (broad SMARTS) is 1. The van der Waals surface area contributed by atoms with E-state index in [0.717, 1.165) is 11.3 Å². The number of piperidine rings is 1. The molecule has 2 rings (SSSR count). The van der Waals surface area contributed by atoms with Crippen molar-refractivity contribution in [3.05, 3.63) is 11.1 Å². The number of anilines is 1. The van der Waals surface area contributed by atoms with Crippen molar-refractivity contribution in [2.24, 2.45) is 0 Å². The molecule has 0 bridgehead atoms. The number of alkyl halides is 2. The monoisotopic (exact) mass is 248 g/mol. The summed E-state index contributed by atoms with van der Waals surface area (Å²) in [5.41, 5.74) is -0.0890. The first-order valence-corrected chi connectivity index (χ1v) is 5.67. The van der Waals surface area contributed by atoms with Gasteiger partial charge in [-0.2, -0.15) is 0 Å². The van der Waals surface area contributed by atoms with Crippen molar-refractivity contribution < 1.29 is 18.7 Å². The van der Waals surface area contributed by atoms with Gasteiger partial charge in [-0.05, 0) is 6.42 Å². The Morgan fingerprint density at radius 2 is 2.38 bits per heavy atom. The molecule has 0 unspecified atom stereocenters. The van der Waals surface area contributed by atoms with Crippen molar-refractivity contribution in [2.45, 2.75) is 18.8 Å². The molecular formula is C9H10F2N2O2S. The minimum Gasteiger partial charge on any atom is -0.476 e. The Bertz CT molecular complexity index is 408. The Labute approximate surface area is 94.5 Å². The van der Waals surface area contributed by atoms with Crippen molar-refractivity contribution in [3.63, 3.8) is 0 Å². The van der Waals surface area contributed by atoms with Crippen molar-refractivity contribution in [1.29, 1.82) is 0 Å². The van der Waals surface area contributed by atoms with E-state index in [-0.39, 0.29) is 18.7 Å². The van der Waals surface area contributed by atoms with Gasteiger partial charge in [0.15, 0.2) is 10.8 Å². The van der Waals surface area contributed by atoms with Crippen LogP contribution in [0.15, 0.2) is 5.38 Å². The number of halogens is 2. The third-order valence-corrected chi connectivity index (χ3v) is 3.28. The fourth-order valence-electron chi connectivity index (χ4n) is 1.64. The molecule has 0 atom stereocenters. The molecule has 7 heteroatoms. The zero-order valence-electron chi connectivity index (χ0n) is 8.32. The number of carboxylic acids is 1. The van der Waals surface area contributed by atoms with E-state index in [4.69, 9.17) is 5.11 Å². The second-order valence-corrected chi connectivity index (χ2v) is 4.54. The number of hydrogen-bond donors (Lipinski definition) is 1. The van der Waals surface area contributed by atoms with E-state index in [1.54, 1.807) is 0 Å². The number of aromatic nitrogens is 1. The zero-order chi connectivity index (χ0) is 11.8. The molecule has 0 aliphatic carbocycles. The van der Waals surface area contributed by atoms with E-state index in [1.165, 1.54) is 10.3 Å². The molecule has 1 fully saturated rings. The molecule has 16 heavy (non-hydrogen) atoms. The fraction of sp³-hybridized carbons (Fsp3) is 0.556. The molecule has 1 aliphatic rings. The van der Waals surface area contributed by atoms with Crippen LogP contribution >= 0.6 is 11.3 Å². The van der Waals surface area contributed by atoms with Crippen molar-refractivity contribution in [2.75, 3.05) is 18.0 Å². The Hall–Kier alpha value is -1.24. The molecule has 4 nitrogen and oxygen atoms in total.